The van der Waals surface area contributed by atoms with Crippen molar-refractivity contribution in [3.63, 3.8) is 0 Å². The number of hydrogen-bond donors (Lipinski definition) is 2. The van der Waals surface area contributed by atoms with Crippen LogP contribution >= 0.6 is 0 Å². The van der Waals surface area contributed by atoms with E-state index in [-0.39, 0.29) is 5.91 Å². The number of aromatic nitrogens is 1. The van der Waals surface area contributed by atoms with E-state index in [1.165, 1.54) is 13.1 Å². The molecule has 0 aliphatic rings. The van der Waals surface area contributed by atoms with Crippen molar-refractivity contribution in [2.24, 2.45) is 0 Å². The fourth-order valence-corrected chi connectivity index (χ4v) is 4.69. The highest BCUT2D eigenvalue weighted by molar-refractivity contribution is 7.89. The predicted octanol–water partition coefficient (Wildman–Crippen LogP) is 4.94. The number of sulfonamides is 1. The van der Waals surface area contributed by atoms with E-state index >= 15 is 0 Å². The zero-order valence-electron chi connectivity index (χ0n) is 18.1. The van der Waals surface area contributed by atoms with Gasteiger partial charge in [-0.25, -0.2) is 18.1 Å². The number of anilines is 1. The van der Waals surface area contributed by atoms with Crippen LogP contribution in [-0.2, 0) is 26.5 Å². The Bertz CT molecular complexity index is 1290. The van der Waals surface area contributed by atoms with Crippen LogP contribution in [0.15, 0.2) is 71.8 Å². The molecule has 0 bridgehead atoms. The summed E-state index contributed by atoms with van der Waals surface area (Å²) in [5.74, 6) is 0.105. The van der Waals surface area contributed by atoms with Crippen molar-refractivity contribution in [2.75, 3.05) is 5.32 Å². The molecule has 1 aromatic heterocycles. The van der Waals surface area contributed by atoms with Gasteiger partial charge in [0.1, 0.15) is 5.82 Å². The fourth-order valence-electron chi connectivity index (χ4n) is 3.24. The zero-order chi connectivity index (χ0) is 24.4. The summed E-state index contributed by atoms with van der Waals surface area (Å²) in [5.41, 5.74) is -0.109. The van der Waals surface area contributed by atoms with Crippen LogP contribution < -0.4 is 10.0 Å². The number of nitrogens with zero attached hydrogens (tertiary/aromatic N) is 1. The molecule has 2 aromatic carbocycles. The molecule has 0 fully saturated rings. The summed E-state index contributed by atoms with van der Waals surface area (Å²) in [6, 6.07) is 14.1. The third-order valence-electron chi connectivity index (χ3n) is 4.84. The zero-order valence-corrected chi connectivity index (χ0v) is 18.9. The smallest absolute Gasteiger partial charge is 0.311 e. The van der Waals surface area contributed by atoms with Gasteiger partial charge in [0.05, 0.1) is 16.0 Å². The monoisotopic (exact) mass is 477 g/mol. The molecule has 1 amide bonds. The first-order valence-corrected chi connectivity index (χ1v) is 11.3. The number of amides is 1. The van der Waals surface area contributed by atoms with Crippen molar-refractivity contribution >= 4 is 21.7 Å². The average molecular weight is 478 g/mol. The molecular weight excluding hydrogens is 455 g/mol. The minimum absolute atomic E-state index is 0.265. The van der Waals surface area contributed by atoms with Crippen LogP contribution in [0.5, 0.6) is 0 Å². The van der Waals surface area contributed by atoms with Crippen LogP contribution in [0.25, 0.3) is 11.1 Å². The topological polar surface area (TPSA) is 88.2 Å². The fraction of sp³-hybridized carbons (Fsp3) is 0.217. The highest BCUT2D eigenvalue weighted by atomic mass is 32.2. The van der Waals surface area contributed by atoms with E-state index in [0.717, 1.165) is 29.3 Å². The first kappa shape index (κ1) is 24.4. The maximum absolute atomic E-state index is 13.0. The summed E-state index contributed by atoms with van der Waals surface area (Å²) < 4.78 is 67.3. The molecule has 0 aliphatic heterocycles. The second kappa shape index (κ2) is 8.95. The largest absolute Gasteiger partial charge is 0.416 e. The van der Waals surface area contributed by atoms with Crippen molar-refractivity contribution in [3.8, 4) is 11.1 Å². The van der Waals surface area contributed by atoms with Gasteiger partial charge in [0.15, 0.2) is 0 Å². The van der Waals surface area contributed by atoms with E-state index in [1.54, 1.807) is 44.2 Å². The molecule has 3 rings (SSSR count). The Hall–Kier alpha value is -3.24. The molecule has 2 N–H and O–H groups in total. The number of carbonyl (C=O) groups is 1. The number of halogens is 3. The second-order valence-corrected chi connectivity index (χ2v) is 9.63. The molecule has 0 saturated carbocycles. The maximum Gasteiger partial charge on any atom is 0.416 e. The van der Waals surface area contributed by atoms with E-state index in [1.807, 2.05) is 6.07 Å². The maximum atomic E-state index is 13.0. The van der Waals surface area contributed by atoms with E-state index < -0.39 is 32.2 Å². The summed E-state index contributed by atoms with van der Waals surface area (Å²) in [4.78, 5) is 14.9. The molecule has 174 valence electrons. The number of hydrogen-bond acceptors (Lipinski definition) is 4. The van der Waals surface area contributed by atoms with Gasteiger partial charge in [-0.15, -0.1) is 0 Å². The molecule has 33 heavy (non-hydrogen) atoms. The van der Waals surface area contributed by atoms with E-state index in [4.69, 9.17) is 0 Å². The van der Waals surface area contributed by atoms with Gasteiger partial charge in [-0.1, -0.05) is 24.3 Å². The molecule has 10 heteroatoms. The Morgan fingerprint density at radius 2 is 1.55 bits per heavy atom. The highest BCUT2D eigenvalue weighted by Crippen LogP contribution is 2.32. The van der Waals surface area contributed by atoms with Gasteiger partial charge in [-0.05, 0) is 66.9 Å². The molecular formula is C23H22F3N3O3S. The quantitative estimate of drug-likeness (QED) is 0.527. The Labute approximate surface area is 189 Å². The predicted molar refractivity (Wildman–Crippen MR) is 119 cm³/mol. The van der Waals surface area contributed by atoms with Crippen LogP contribution in [-0.4, -0.2) is 19.3 Å². The summed E-state index contributed by atoms with van der Waals surface area (Å²) in [6.07, 6.45) is -3.12. The van der Waals surface area contributed by atoms with Gasteiger partial charge in [0.25, 0.3) is 0 Å². The first-order valence-electron chi connectivity index (χ1n) is 9.84. The minimum Gasteiger partial charge on any atom is -0.311 e. The van der Waals surface area contributed by atoms with Gasteiger partial charge < -0.3 is 5.32 Å². The third-order valence-corrected chi connectivity index (χ3v) is 6.50. The molecule has 0 spiro atoms. The van der Waals surface area contributed by atoms with Gasteiger partial charge in [-0.2, -0.15) is 13.2 Å². The number of carbonyl (C=O) groups excluding carboxylic acids is 1. The van der Waals surface area contributed by atoms with Gasteiger partial charge in [0.2, 0.25) is 15.9 Å². The number of pyridine rings is 1. The Morgan fingerprint density at radius 1 is 0.909 bits per heavy atom. The molecule has 0 atom stereocenters. The van der Waals surface area contributed by atoms with Crippen LogP contribution in [0, 0.1) is 0 Å². The summed E-state index contributed by atoms with van der Waals surface area (Å²) in [6.45, 7) is 4.60. The van der Waals surface area contributed by atoms with Gasteiger partial charge >= 0.3 is 6.18 Å². The number of alkyl halides is 3. The van der Waals surface area contributed by atoms with Crippen LogP contribution in [0.3, 0.4) is 0 Å². The second-order valence-electron chi connectivity index (χ2n) is 7.95. The van der Waals surface area contributed by atoms with Crippen molar-refractivity contribution in [2.45, 2.75) is 37.4 Å². The van der Waals surface area contributed by atoms with Crippen LogP contribution in [0.4, 0.5) is 19.0 Å². The third kappa shape index (κ3) is 5.96. The minimum atomic E-state index is -4.66. The Morgan fingerprint density at radius 3 is 2.21 bits per heavy atom. The van der Waals surface area contributed by atoms with Crippen LogP contribution in [0.1, 0.15) is 31.9 Å². The summed E-state index contributed by atoms with van der Waals surface area (Å²) in [7, 11) is -4.25. The lowest BCUT2D eigenvalue weighted by Gasteiger charge is -2.27. The van der Waals surface area contributed by atoms with Gasteiger partial charge in [0, 0.05) is 13.1 Å². The lowest BCUT2D eigenvalue weighted by Crippen LogP contribution is -2.41. The molecule has 1 heterocycles. The molecule has 0 radical (unpaired) electrons. The SMILES string of the molecule is CC(=O)Nc1cc(-c2cccc(C(C)(C)NS(=O)(=O)c3cccc(C(F)(F)F)c3)c2)ccn1. The van der Waals surface area contributed by atoms with Crippen molar-refractivity contribution in [3.05, 3.63) is 78.0 Å². The summed E-state index contributed by atoms with van der Waals surface area (Å²) in [5, 5.41) is 2.60. The van der Waals surface area contributed by atoms with Crippen molar-refractivity contribution in [1.29, 1.82) is 0 Å². The molecule has 0 saturated heterocycles. The van der Waals surface area contributed by atoms with Crippen molar-refractivity contribution in [1.82, 2.24) is 9.71 Å². The molecule has 0 aliphatic carbocycles. The van der Waals surface area contributed by atoms with E-state index in [9.17, 15) is 26.4 Å². The molecule has 0 unspecified atom stereocenters. The Kier molecular flexibility index (Phi) is 6.62. The standard InChI is InChI=1S/C23H22F3N3O3S/c1-15(30)28-21-13-17(10-11-27-21)16-6-4-7-18(12-16)22(2,3)29-33(31,32)20-9-5-8-19(14-20)23(24,25)26/h4-14,29H,1-3H3,(H,27,28,30). The van der Waals surface area contributed by atoms with E-state index in [0.29, 0.717) is 17.4 Å². The van der Waals surface area contributed by atoms with Crippen molar-refractivity contribution < 1.29 is 26.4 Å². The van der Waals surface area contributed by atoms with Gasteiger partial charge in [-0.3, -0.25) is 4.79 Å². The molecule has 3 aromatic rings. The Balaban J connectivity index is 1.92. The lowest BCUT2D eigenvalue weighted by atomic mass is 9.92. The number of benzene rings is 2. The molecule has 6 nitrogen and oxygen atoms in total. The normalized spacial score (nSPS) is 12.4. The lowest BCUT2D eigenvalue weighted by molar-refractivity contribution is -0.137. The number of nitrogens with one attached hydrogen (secondary N) is 2. The highest BCUT2D eigenvalue weighted by Gasteiger charge is 2.33. The van der Waals surface area contributed by atoms with E-state index in [2.05, 4.69) is 15.0 Å². The van der Waals surface area contributed by atoms with Crippen LogP contribution in [0.2, 0.25) is 0 Å². The summed E-state index contributed by atoms with van der Waals surface area (Å²) >= 11 is 0. The number of rotatable bonds is 6. The first-order chi connectivity index (χ1) is 15.3. The average Bonchev–Trinajstić information content (AvgIpc) is 2.72.